The molecule has 2 aromatic rings. The lowest BCUT2D eigenvalue weighted by Gasteiger charge is -2.13. The zero-order valence-electron chi connectivity index (χ0n) is 10.1. The predicted octanol–water partition coefficient (Wildman–Crippen LogP) is 4.08. The maximum Gasteiger partial charge on any atom is 0.417 e. The average Bonchev–Trinajstić information content (AvgIpc) is 2.88. The van der Waals surface area contributed by atoms with E-state index in [1.165, 1.54) is 17.4 Å². The molecule has 106 valence electrons. The minimum atomic E-state index is -4.70. The molecule has 0 atom stereocenters. The van der Waals surface area contributed by atoms with Crippen molar-refractivity contribution in [3.8, 4) is 0 Å². The van der Waals surface area contributed by atoms with Crippen molar-refractivity contribution in [1.29, 1.82) is 0 Å². The van der Waals surface area contributed by atoms with Crippen LogP contribution >= 0.6 is 11.3 Å². The average molecular weight is 301 g/mol. The lowest BCUT2D eigenvalue weighted by molar-refractivity contribution is -0.138. The van der Waals surface area contributed by atoms with Crippen molar-refractivity contribution in [2.75, 3.05) is 5.32 Å². The van der Waals surface area contributed by atoms with Crippen molar-refractivity contribution in [2.24, 2.45) is 0 Å². The van der Waals surface area contributed by atoms with Crippen LogP contribution in [-0.2, 0) is 12.7 Å². The van der Waals surface area contributed by atoms with E-state index in [9.17, 15) is 18.0 Å². The second-order valence-electron chi connectivity index (χ2n) is 4.05. The van der Waals surface area contributed by atoms with Gasteiger partial charge in [0.05, 0.1) is 11.1 Å². The van der Waals surface area contributed by atoms with Crippen molar-refractivity contribution in [3.63, 3.8) is 0 Å². The summed E-state index contributed by atoms with van der Waals surface area (Å²) in [5, 5.41) is 15.4. The Labute approximate surface area is 116 Å². The molecule has 0 aliphatic carbocycles. The maximum absolute atomic E-state index is 12.8. The number of anilines is 1. The number of hydrogen-bond acceptors (Lipinski definition) is 3. The molecule has 0 saturated heterocycles. The van der Waals surface area contributed by atoms with E-state index in [-0.39, 0.29) is 5.69 Å². The van der Waals surface area contributed by atoms with Crippen molar-refractivity contribution >= 4 is 23.0 Å². The summed E-state index contributed by atoms with van der Waals surface area (Å²) in [7, 11) is 0. The number of halogens is 3. The summed E-state index contributed by atoms with van der Waals surface area (Å²) in [4.78, 5) is 10.8. The van der Waals surface area contributed by atoms with Gasteiger partial charge in [0.2, 0.25) is 0 Å². The zero-order valence-corrected chi connectivity index (χ0v) is 10.9. The smallest absolute Gasteiger partial charge is 0.417 e. The molecule has 0 saturated carbocycles. The van der Waals surface area contributed by atoms with E-state index in [0.29, 0.717) is 6.54 Å². The quantitative estimate of drug-likeness (QED) is 0.894. The number of carbonyl (C=O) groups is 1. The molecule has 3 nitrogen and oxygen atoms in total. The topological polar surface area (TPSA) is 49.3 Å². The molecule has 2 rings (SSSR count). The molecule has 0 spiro atoms. The molecular weight excluding hydrogens is 291 g/mol. The van der Waals surface area contributed by atoms with Crippen LogP contribution in [0.1, 0.15) is 21.5 Å². The second kappa shape index (κ2) is 5.54. The van der Waals surface area contributed by atoms with Gasteiger partial charge in [-0.25, -0.2) is 4.79 Å². The number of thiophene rings is 1. The molecule has 0 fully saturated rings. The fourth-order valence-electron chi connectivity index (χ4n) is 1.67. The fraction of sp³-hybridized carbons (Fsp3) is 0.154. The standard InChI is InChI=1S/C13H10F3NO2S/c14-13(15,16)11-5-9(1-2-10(11)12(18)19)17-6-8-3-4-20-7-8/h1-5,7,17H,6H2,(H,18,19). The van der Waals surface area contributed by atoms with Gasteiger partial charge in [-0.05, 0) is 40.6 Å². The van der Waals surface area contributed by atoms with Gasteiger partial charge in [-0.15, -0.1) is 0 Å². The molecule has 2 N–H and O–H groups in total. The normalized spacial score (nSPS) is 11.3. The van der Waals surface area contributed by atoms with Crippen molar-refractivity contribution in [3.05, 3.63) is 51.7 Å². The Kier molecular flexibility index (Phi) is 3.99. The molecule has 0 aliphatic heterocycles. The van der Waals surface area contributed by atoms with Crippen molar-refractivity contribution < 1.29 is 23.1 Å². The van der Waals surface area contributed by atoms with Crippen LogP contribution in [0, 0.1) is 0 Å². The summed E-state index contributed by atoms with van der Waals surface area (Å²) in [6.45, 7) is 0.382. The van der Waals surface area contributed by atoms with Crippen LogP contribution in [0.2, 0.25) is 0 Å². The van der Waals surface area contributed by atoms with E-state index in [4.69, 9.17) is 5.11 Å². The lowest BCUT2D eigenvalue weighted by atomic mass is 10.1. The Hall–Kier alpha value is -2.02. The highest BCUT2D eigenvalue weighted by atomic mass is 32.1. The Balaban J connectivity index is 2.25. The molecule has 0 bridgehead atoms. The van der Waals surface area contributed by atoms with E-state index in [2.05, 4.69) is 5.32 Å². The predicted molar refractivity (Wildman–Crippen MR) is 70.0 cm³/mol. The van der Waals surface area contributed by atoms with Gasteiger partial charge in [-0.1, -0.05) is 0 Å². The molecule has 0 aliphatic rings. The van der Waals surface area contributed by atoms with Crippen LogP contribution in [-0.4, -0.2) is 11.1 Å². The van der Waals surface area contributed by atoms with Crippen LogP contribution in [0.4, 0.5) is 18.9 Å². The van der Waals surface area contributed by atoms with Crippen LogP contribution in [0.5, 0.6) is 0 Å². The molecule has 0 amide bonds. The first kappa shape index (κ1) is 14.4. The van der Waals surface area contributed by atoms with Gasteiger partial charge in [0.15, 0.2) is 0 Å². The summed E-state index contributed by atoms with van der Waals surface area (Å²) in [5.74, 6) is -1.60. The number of benzene rings is 1. The van der Waals surface area contributed by atoms with Gasteiger partial charge in [-0.2, -0.15) is 24.5 Å². The van der Waals surface area contributed by atoms with E-state index in [1.54, 1.807) is 0 Å². The minimum absolute atomic E-state index is 0.230. The first-order chi connectivity index (χ1) is 9.38. The number of carboxylic acid groups (broad SMARTS) is 1. The first-order valence-corrected chi connectivity index (χ1v) is 6.51. The highest BCUT2D eigenvalue weighted by Gasteiger charge is 2.35. The fourth-order valence-corrected chi connectivity index (χ4v) is 2.34. The van der Waals surface area contributed by atoms with E-state index >= 15 is 0 Å². The van der Waals surface area contributed by atoms with E-state index in [0.717, 1.165) is 17.7 Å². The first-order valence-electron chi connectivity index (χ1n) is 5.57. The molecule has 7 heteroatoms. The molecule has 0 unspecified atom stereocenters. The van der Waals surface area contributed by atoms with Crippen LogP contribution in [0.3, 0.4) is 0 Å². The Morgan fingerprint density at radius 2 is 2.05 bits per heavy atom. The number of aromatic carboxylic acids is 1. The molecule has 0 radical (unpaired) electrons. The van der Waals surface area contributed by atoms with E-state index < -0.39 is 23.3 Å². The monoisotopic (exact) mass is 301 g/mol. The van der Waals surface area contributed by atoms with Gasteiger partial charge in [-0.3, -0.25) is 0 Å². The third-order valence-electron chi connectivity index (χ3n) is 2.63. The van der Waals surface area contributed by atoms with Crippen LogP contribution in [0.15, 0.2) is 35.0 Å². The van der Waals surface area contributed by atoms with Crippen LogP contribution < -0.4 is 5.32 Å². The third kappa shape index (κ3) is 3.30. The molecule has 1 aromatic heterocycles. The Bertz CT molecular complexity index is 609. The van der Waals surface area contributed by atoms with Gasteiger partial charge < -0.3 is 10.4 Å². The van der Waals surface area contributed by atoms with Crippen LogP contribution in [0.25, 0.3) is 0 Å². The Morgan fingerprint density at radius 3 is 2.60 bits per heavy atom. The lowest BCUT2D eigenvalue weighted by Crippen LogP contribution is -2.13. The Morgan fingerprint density at radius 1 is 1.30 bits per heavy atom. The molecular formula is C13H10F3NO2S. The number of hydrogen-bond donors (Lipinski definition) is 2. The summed E-state index contributed by atoms with van der Waals surface area (Å²) >= 11 is 1.49. The SMILES string of the molecule is O=C(O)c1ccc(NCc2ccsc2)cc1C(F)(F)F. The van der Waals surface area contributed by atoms with Gasteiger partial charge in [0.25, 0.3) is 0 Å². The summed E-state index contributed by atoms with van der Waals surface area (Å²) in [5.41, 5.74) is -0.724. The summed E-state index contributed by atoms with van der Waals surface area (Å²) < 4.78 is 38.4. The summed E-state index contributed by atoms with van der Waals surface area (Å²) in [6, 6.07) is 4.95. The number of carboxylic acids is 1. The van der Waals surface area contributed by atoms with Crippen molar-refractivity contribution in [1.82, 2.24) is 0 Å². The zero-order chi connectivity index (χ0) is 14.8. The van der Waals surface area contributed by atoms with E-state index in [1.807, 2.05) is 16.8 Å². The van der Waals surface area contributed by atoms with Gasteiger partial charge in [0, 0.05) is 12.2 Å². The number of nitrogens with one attached hydrogen (secondary N) is 1. The highest BCUT2D eigenvalue weighted by Crippen LogP contribution is 2.34. The van der Waals surface area contributed by atoms with Gasteiger partial charge >= 0.3 is 12.1 Å². The largest absolute Gasteiger partial charge is 0.478 e. The second-order valence-corrected chi connectivity index (χ2v) is 4.83. The molecule has 20 heavy (non-hydrogen) atoms. The number of alkyl halides is 3. The van der Waals surface area contributed by atoms with Gasteiger partial charge in [0.1, 0.15) is 0 Å². The third-order valence-corrected chi connectivity index (χ3v) is 3.36. The summed E-state index contributed by atoms with van der Waals surface area (Å²) in [6.07, 6.45) is -4.70. The minimum Gasteiger partial charge on any atom is -0.478 e. The molecule has 1 aromatic carbocycles. The maximum atomic E-state index is 12.8. The number of rotatable bonds is 4. The molecule has 1 heterocycles. The highest BCUT2D eigenvalue weighted by molar-refractivity contribution is 7.07. The van der Waals surface area contributed by atoms with Crippen molar-refractivity contribution in [2.45, 2.75) is 12.7 Å².